The second kappa shape index (κ2) is 7.22. The maximum Gasteiger partial charge on any atom is 0.229 e. The van der Waals surface area contributed by atoms with E-state index in [0.29, 0.717) is 17.1 Å². The minimum absolute atomic E-state index is 0.0403. The Morgan fingerprint density at radius 1 is 1.30 bits per heavy atom. The highest BCUT2D eigenvalue weighted by Crippen LogP contribution is 2.37. The number of aromatic nitrogens is 2. The summed E-state index contributed by atoms with van der Waals surface area (Å²) in [5.74, 6) is 0.192. The second-order valence-corrected chi connectivity index (χ2v) is 6.88. The van der Waals surface area contributed by atoms with Crippen molar-refractivity contribution in [3.63, 3.8) is 0 Å². The summed E-state index contributed by atoms with van der Waals surface area (Å²) in [7, 11) is 0. The Kier molecular flexibility index (Phi) is 4.61. The van der Waals surface area contributed by atoms with Crippen LogP contribution >= 0.6 is 0 Å². The van der Waals surface area contributed by atoms with Gasteiger partial charge in [-0.05, 0) is 43.0 Å². The number of aliphatic hydroxyl groups is 1. The van der Waals surface area contributed by atoms with E-state index in [1.165, 1.54) is 0 Å². The van der Waals surface area contributed by atoms with Gasteiger partial charge in [-0.2, -0.15) is 5.26 Å². The van der Waals surface area contributed by atoms with Gasteiger partial charge in [-0.1, -0.05) is 30.3 Å². The molecule has 1 unspecified atom stereocenters. The van der Waals surface area contributed by atoms with Gasteiger partial charge < -0.3 is 9.67 Å². The lowest BCUT2D eigenvalue weighted by atomic mass is 9.92. The lowest BCUT2D eigenvalue weighted by Crippen LogP contribution is -2.23. The van der Waals surface area contributed by atoms with Crippen molar-refractivity contribution in [2.45, 2.75) is 37.8 Å². The predicted octanol–water partition coefficient (Wildman–Crippen LogP) is 3.70. The average Bonchev–Trinajstić information content (AvgIpc) is 2.98. The monoisotopic (exact) mass is 360 g/mol. The van der Waals surface area contributed by atoms with Crippen LogP contribution in [0.5, 0.6) is 0 Å². The molecule has 0 bridgehead atoms. The van der Waals surface area contributed by atoms with E-state index in [0.717, 1.165) is 30.3 Å². The quantitative estimate of drug-likeness (QED) is 0.726. The molecule has 6 nitrogen and oxygen atoms in total. The van der Waals surface area contributed by atoms with Crippen LogP contribution in [0.15, 0.2) is 48.5 Å². The molecular formula is C21H20N4O2. The first kappa shape index (κ1) is 17.3. The zero-order valence-corrected chi connectivity index (χ0v) is 14.8. The van der Waals surface area contributed by atoms with Gasteiger partial charge in [-0.25, -0.2) is 4.98 Å². The van der Waals surface area contributed by atoms with Crippen LogP contribution in [-0.2, 0) is 4.79 Å². The third-order valence-corrected chi connectivity index (χ3v) is 5.07. The zero-order valence-electron chi connectivity index (χ0n) is 14.8. The molecule has 27 heavy (non-hydrogen) atoms. The van der Waals surface area contributed by atoms with Crippen molar-refractivity contribution in [3.05, 3.63) is 59.7 Å². The van der Waals surface area contributed by atoms with Gasteiger partial charge in [0.25, 0.3) is 0 Å². The zero-order chi connectivity index (χ0) is 18.8. The molecular weight excluding hydrogens is 340 g/mol. The Hall–Kier alpha value is -3.17. The van der Waals surface area contributed by atoms with Gasteiger partial charge >= 0.3 is 0 Å². The molecule has 0 saturated heterocycles. The lowest BCUT2D eigenvalue weighted by molar-refractivity contribution is -0.118. The number of benzene rings is 2. The summed E-state index contributed by atoms with van der Waals surface area (Å²) in [5.41, 5.74) is 2.89. The van der Waals surface area contributed by atoms with Gasteiger partial charge in [-0.15, -0.1) is 0 Å². The molecule has 1 fully saturated rings. The number of amides is 1. The van der Waals surface area contributed by atoms with Crippen molar-refractivity contribution in [3.8, 4) is 6.07 Å². The maximum atomic E-state index is 12.5. The highest BCUT2D eigenvalue weighted by Gasteiger charge is 2.26. The van der Waals surface area contributed by atoms with Crippen molar-refractivity contribution in [2.75, 3.05) is 5.32 Å². The largest absolute Gasteiger partial charge is 0.388 e. The molecule has 1 aliphatic carbocycles. The summed E-state index contributed by atoms with van der Waals surface area (Å²) in [6, 6.07) is 16.9. The summed E-state index contributed by atoms with van der Waals surface area (Å²) in [5, 5.41) is 22.3. The molecule has 2 N–H and O–H groups in total. The smallest absolute Gasteiger partial charge is 0.229 e. The van der Waals surface area contributed by atoms with E-state index in [9.17, 15) is 15.2 Å². The van der Waals surface area contributed by atoms with Gasteiger partial charge in [0, 0.05) is 6.04 Å². The molecule has 1 heterocycles. The molecule has 0 radical (unpaired) electrons. The number of hydrogen-bond acceptors (Lipinski definition) is 4. The van der Waals surface area contributed by atoms with Gasteiger partial charge in [0.05, 0.1) is 35.2 Å². The van der Waals surface area contributed by atoms with Crippen molar-refractivity contribution < 1.29 is 9.90 Å². The van der Waals surface area contributed by atoms with Gasteiger partial charge in [0.2, 0.25) is 11.9 Å². The van der Waals surface area contributed by atoms with Crippen LogP contribution in [-0.4, -0.2) is 20.6 Å². The van der Waals surface area contributed by atoms with Crippen LogP contribution in [0.1, 0.15) is 49.0 Å². The van der Waals surface area contributed by atoms with Crippen LogP contribution in [0.3, 0.4) is 0 Å². The molecule has 4 rings (SSSR count). The number of carbonyl (C=O) groups excluding carboxylic acids is 1. The topological polar surface area (TPSA) is 90.9 Å². The minimum Gasteiger partial charge on any atom is -0.388 e. The Balaban J connectivity index is 1.59. The number of nitrogens with zero attached hydrogens (tertiary/aromatic N) is 3. The fourth-order valence-electron chi connectivity index (χ4n) is 3.41. The molecule has 1 atom stereocenters. The number of imidazole rings is 1. The maximum absolute atomic E-state index is 12.5. The third kappa shape index (κ3) is 3.42. The number of hydrogen-bond donors (Lipinski definition) is 2. The van der Waals surface area contributed by atoms with E-state index in [4.69, 9.17) is 0 Å². The van der Waals surface area contributed by atoms with Crippen LogP contribution in [0, 0.1) is 11.3 Å². The van der Waals surface area contributed by atoms with E-state index in [1.807, 2.05) is 28.8 Å². The Labute approximate surface area is 157 Å². The Bertz CT molecular complexity index is 1020. The highest BCUT2D eigenvalue weighted by atomic mass is 16.3. The molecule has 1 saturated carbocycles. The summed E-state index contributed by atoms with van der Waals surface area (Å²) >= 11 is 0. The number of nitrogens with one attached hydrogen (secondary N) is 1. The van der Waals surface area contributed by atoms with Crippen LogP contribution < -0.4 is 5.32 Å². The number of aliphatic hydroxyl groups excluding tert-OH is 1. The van der Waals surface area contributed by atoms with Crippen molar-refractivity contribution >= 4 is 22.9 Å². The van der Waals surface area contributed by atoms with Gasteiger partial charge in [0.15, 0.2) is 0 Å². The van der Waals surface area contributed by atoms with E-state index in [2.05, 4.69) is 16.4 Å². The molecule has 1 amide bonds. The number of anilines is 1. The summed E-state index contributed by atoms with van der Waals surface area (Å²) < 4.78 is 2.02. The average molecular weight is 360 g/mol. The molecule has 136 valence electrons. The molecule has 1 aliphatic rings. The minimum atomic E-state index is -0.863. The van der Waals surface area contributed by atoms with E-state index < -0.39 is 6.10 Å². The van der Waals surface area contributed by atoms with Crippen molar-refractivity contribution in [1.29, 1.82) is 5.26 Å². The first-order valence-corrected chi connectivity index (χ1v) is 9.10. The fourth-order valence-corrected chi connectivity index (χ4v) is 3.41. The first-order valence-electron chi connectivity index (χ1n) is 9.10. The van der Waals surface area contributed by atoms with E-state index >= 15 is 0 Å². The molecule has 0 spiro atoms. The number of carbonyl (C=O) groups is 1. The van der Waals surface area contributed by atoms with Crippen LogP contribution in [0.2, 0.25) is 0 Å². The highest BCUT2D eigenvalue weighted by molar-refractivity contribution is 5.92. The van der Waals surface area contributed by atoms with Gasteiger partial charge in [0.1, 0.15) is 0 Å². The second-order valence-electron chi connectivity index (χ2n) is 6.88. The third-order valence-electron chi connectivity index (χ3n) is 5.07. The molecule has 2 aromatic carbocycles. The van der Waals surface area contributed by atoms with E-state index in [1.54, 1.807) is 24.3 Å². The normalized spacial score (nSPS) is 15.1. The fraction of sp³-hybridized carbons (Fsp3) is 0.286. The first-order chi connectivity index (χ1) is 13.2. The summed E-state index contributed by atoms with van der Waals surface area (Å²) in [6.45, 7) is 0. The van der Waals surface area contributed by atoms with Crippen LogP contribution in [0.25, 0.3) is 11.0 Å². The number of rotatable bonds is 5. The van der Waals surface area contributed by atoms with E-state index in [-0.39, 0.29) is 18.4 Å². The standard InChI is InChI=1S/C21H20N4O2/c22-13-14-9-10-17-18(11-14)25(16-7-4-8-16)21(23-17)24-20(27)12-19(26)15-5-2-1-3-6-15/h1-3,5-6,9-11,16,19,26H,4,7-8,12H2,(H,23,24,27). The molecule has 1 aromatic heterocycles. The van der Waals surface area contributed by atoms with Crippen molar-refractivity contribution in [2.24, 2.45) is 0 Å². The predicted molar refractivity (Wildman–Crippen MR) is 102 cm³/mol. The van der Waals surface area contributed by atoms with Crippen molar-refractivity contribution in [1.82, 2.24) is 9.55 Å². The number of nitriles is 1. The van der Waals surface area contributed by atoms with Crippen LogP contribution in [0.4, 0.5) is 5.95 Å². The Morgan fingerprint density at radius 2 is 2.07 bits per heavy atom. The lowest BCUT2D eigenvalue weighted by Gasteiger charge is -2.29. The molecule has 0 aliphatic heterocycles. The molecule has 6 heteroatoms. The SMILES string of the molecule is N#Cc1ccc2nc(NC(=O)CC(O)c3ccccc3)n(C3CCC3)c2c1. The molecule has 3 aromatic rings. The number of fused-ring (bicyclic) bond motifs is 1. The van der Waals surface area contributed by atoms with Gasteiger partial charge in [-0.3, -0.25) is 10.1 Å². The Morgan fingerprint density at radius 3 is 2.74 bits per heavy atom. The summed E-state index contributed by atoms with van der Waals surface area (Å²) in [6.07, 6.45) is 2.29. The summed E-state index contributed by atoms with van der Waals surface area (Å²) in [4.78, 5) is 17.1.